The zero-order chi connectivity index (χ0) is 25.3. The van der Waals surface area contributed by atoms with E-state index in [9.17, 15) is 31.5 Å². The minimum Gasteiger partial charge on any atom is -0.464 e. The maximum atomic E-state index is 13.2. The molecule has 0 heterocycles. The van der Waals surface area contributed by atoms with E-state index in [0.29, 0.717) is 6.42 Å². The minimum absolute atomic E-state index is 0.0368. The van der Waals surface area contributed by atoms with Crippen molar-refractivity contribution in [3.05, 3.63) is 0 Å². The van der Waals surface area contributed by atoms with Crippen LogP contribution in [-0.2, 0) is 14.3 Å². The van der Waals surface area contributed by atoms with Crippen LogP contribution in [0.3, 0.4) is 0 Å². The fourth-order valence-corrected chi connectivity index (χ4v) is 3.41. The van der Waals surface area contributed by atoms with Gasteiger partial charge < -0.3 is 10.1 Å². The van der Waals surface area contributed by atoms with Gasteiger partial charge in [0.15, 0.2) is 0 Å². The smallest absolute Gasteiger partial charge is 0.463 e. The highest BCUT2D eigenvalue weighted by Crippen LogP contribution is 2.35. The highest BCUT2D eigenvalue weighted by Gasteiger charge is 2.63. The summed E-state index contributed by atoms with van der Waals surface area (Å²) in [6.45, 7) is 5.35. The summed E-state index contributed by atoms with van der Waals surface area (Å²) in [5.74, 6) is -9.77. The Balaban J connectivity index is 4.10. The summed E-state index contributed by atoms with van der Waals surface area (Å²) in [4.78, 5) is 23.7. The molecule has 4 nitrogen and oxygen atoms in total. The Labute approximate surface area is 195 Å². The van der Waals surface area contributed by atoms with Crippen molar-refractivity contribution < 1.29 is 36.3 Å². The van der Waals surface area contributed by atoms with Gasteiger partial charge in [-0.2, -0.15) is 22.0 Å². The number of unbranched alkanes of at least 4 members (excludes halogenated alkanes) is 12. The molecular weight excluding hydrogens is 445 g/mol. The summed E-state index contributed by atoms with van der Waals surface area (Å²) in [6.07, 6.45) is 9.15. The number of esters is 1. The zero-order valence-electron chi connectivity index (χ0n) is 20.4. The second kappa shape index (κ2) is 17.1. The van der Waals surface area contributed by atoms with Crippen molar-refractivity contribution in [3.63, 3.8) is 0 Å². The van der Waals surface area contributed by atoms with Crippen LogP contribution in [0.15, 0.2) is 0 Å². The number of nitrogens with one attached hydrogen (secondary N) is 1. The van der Waals surface area contributed by atoms with Crippen LogP contribution in [-0.4, -0.2) is 36.6 Å². The van der Waals surface area contributed by atoms with Crippen LogP contribution in [0.4, 0.5) is 22.0 Å². The minimum atomic E-state index is -6.03. The zero-order valence-corrected chi connectivity index (χ0v) is 20.4. The highest BCUT2D eigenvalue weighted by atomic mass is 19.4. The van der Waals surface area contributed by atoms with Crippen molar-refractivity contribution in [2.45, 2.75) is 129 Å². The molecule has 2 unspecified atom stereocenters. The molecule has 0 bridgehead atoms. The lowest BCUT2D eigenvalue weighted by Gasteiger charge is -2.26. The van der Waals surface area contributed by atoms with E-state index in [4.69, 9.17) is 4.74 Å². The van der Waals surface area contributed by atoms with Gasteiger partial charge >= 0.3 is 24.0 Å². The summed E-state index contributed by atoms with van der Waals surface area (Å²) in [5, 5.41) is 1.53. The molecular formula is C24H42F5NO3. The number of halogens is 5. The Hall–Kier alpha value is -1.41. The lowest BCUT2D eigenvalue weighted by Crippen LogP contribution is -2.56. The number of rotatable bonds is 19. The summed E-state index contributed by atoms with van der Waals surface area (Å²) < 4.78 is 68.6. The molecule has 0 radical (unpaired) electrons. The fourth-order valence-electron chi connectivity index (χ4n) is 3.41. The van der Waals surface area contributed by atoms with Crippen LogP contribution in [0.1, 0.15) is 111 Å². The number of hydrogen-bond donors (Lipinski definition) is 1. The van der Waals surface area contributed by atoms with E-state index in [2.05, 4.69) is 6.92 Å². The van der Waals surface area contributed by atoms with Gasteiger partial charge in [0.25, 0.3) is 0 Å². The van der Waals surface area contributed by atoms with Gasteiger partial charge in [-0.05, 0) is 12.3 Å². The molecule has 0 fully saturated rings. The van der Waals surface area contributed by atoms with Crippen molar-refractivity contribution in [3.8, 4) is 0 Å². The van der Waals surface area contributed by atoms with E-state index < -0.39 is 35.9 Å². The first kappa shape index (κ1) is 31.6. The standard InChI is InChI=1S/C24H42F5NO3/c1-4-6-7-8-9-10-11-12-13-14-15-16-17-18-33-21(31)20(19(3)5-2)30-22(32)23(25,26)24(27,28)29/h19-20H,4-18H2,1-3H3,(H,30,32). The molecule has 0 aliphatic rings. The van der Waals surface area contributed by atoms with Crippen LogP contribution in [0.2, 0.25) is 0 Å². The first-order valence-electron chi connectivity index (χ1n) is 12.4. The molecule has 196 valence electrons. The van der Waals surface area contributed by atoms with Crippen molar-refractivity contribution in [2.75, 3.05) is 6.61 Å². The third-order valence-corrected chi connectivity index (χ3v) is 5.89. The monoisotopic (exact) mass is 487 g/mol. The van der Waals surface area contributed by atoms with Gasteiger partial charge in [-0.25, -0.2) is 4.79 Å². The largest absolute Gasteiger partial charge is 0.464 e. The molecule has 2 atom stereocenters. The molecule has 0 aromatic carbocycles. The molecule has 33 heavy (non-hydrogen) atoms. The number of amides is 1. The van der Waals surface area contributed by atoms with Gasteiger partial charge in [-0.3, -0.25) is 4.79 Å². The molecule has 0 saturated heterocycles. The topological polar surface area (TPSA) is 55.4 Å². The summed E-state index contributed by atoms with van der Waals surface area (Å²) in [7, 11) is 0. The molecule has 0 aliphatic heterocycles. The summed E-state index contributed by atoms with van der Waals surface area (Å²) >= 11 is 0. The number of carbonyl (C=O) groups is 2. The van der Waals surface area contributed by atoms with Gasteiger partial charge in [0.1, 0.15) is 6.04 Å². The average Bonchev–Trinajstić information content (AvgIpc) is 2.75. The first-order valence-corrected chi connectivity index (χ1v) is 12.4. The van der Waals surface area contributed by atoms with Crippen molar-refractivity contribution in [2.24, 2.45) is 5.92 Å². The third kappa shape index (κ3) is 13.2. The maximum absolute atomic E-state index is 13.2. The molecule has 0 rings (SSSR count). The Morgan fingerprint density at radius 1 is 0.758 bits per heavy atom. The molecule has 0 aromatic heterocycles. The quantitative estimate of drug-likeness (QED) is 0.118. The van der Waals surface area contributed by atoms with Crippen LogP contribution >= 0.6 is 0 Å². The van der Waals surface area contributed by atoms with Crippen LogP contribution in [0.5, 0.6) is 0 Å². The number of carbonyl (C=O) groups excluding carboxylic acids is 2. The van der Waals surface area contributed by atoms with Crippen molar-refractivity contribution in [1.29, 1.82) is 0 Å². The van der Waals surface area contributed by atoms with E-state index in [1.165, 1.54) is 63.6 Å². The summed E-state index contributed by atoms with van der Waals surface area (Å²) in [6, 6.07) is -1.56. The molecule has 0 saturated carbocycles. The van der Waals surface area contributed by atoms with Gasteiger partial charge in [-0.1, -0.05) is 104 Å². The third-order valence-electron chi connectivity index (χ3n) is 5.89. The second-order valence-corrected chi connectivity index (χ2v) is 8.82. The van der Waals surface area contributed by atoms with Gasteiger partial charge in [0.2, 0.25) is 0 Å². The fraction of sp³-hybridized carbons (Fsp3) is 0.917. The predicted molar refractivity (Wildman–Crippen MR) is 119 cm³/mol. The van der Waals surface area contributed by atoms with Crippen molar-refractivity contribution in [1.82, 2.24) is 5.32 Å². The predicted octanol–water partition coefficient (Wildman–Crippen LogP) is 7.35. The average molecular weight is 488 g/mol. The van der Waals surface area contributed by atoms with Gasteiger partial charge in [0.05, 0.1) is 6.61 Å². The molecule has 0 aliphatic carbocycles. The molecule has 0 spiro atoms. The Bertz CT molecular complexity index is 541. The van der Waals surface area contributed by atoms with E-state index in [1.807, 2.05) is 0 Å². The van der Waals surface area contributed by atoms with E-state index in [-0.39, 0.29) is 13.0 Å². The molecule has 9 heteroatoms. The second-order valence-electron chi connectivity index (χ2n) is 8.82. The number of alkyl halides is 5. The van der Waals surface area contributed by atoms with Crippen LogP contribution in [0.25, 0.3) is 0 Å². The Morgan fingerprint density at radius 2 is 1.18 bits per heavy atom. The van der Waals surface area contributed by atoms with Crippen LogP contribution < -0.4 is 5.32 Å². The Morgan fingerprint density at radius 3 is 1.58 bits per heavy atom. The van der Waals surface area contributed by atoms with Crippen molar-refractivity contribution >= 4 is 11.9 Å². The lowest BCUT2D eigenvalue weighted by atomic mass is 9.99. The SMILES string of the molecule is CCCCCCCCCCCCCCCOC(=O)C(NC(=O)C(F)(F)C(F)(F)F)C(C)CC. The van der Waals surface area contributed by atoms with Gasteiger partial charge in [0, 0.05) is 0 Å². The molecule has 0 aromatic rings. The normalized spacial score (nSPS) is 14.1. The lowest BCUT2D eigenvalue weighted by molar-refractivity contribution is -0.270. The summed E-state index contributed by atoms with van der Waals surface area (Å²) in [5.41, 5.74) is 0. The number of ether oxygens (including phenoxy) is 1. The van der Waals surface area contributed by atoms with E-state index in [0.717, 1.165) is 25.7 Å². The van der Waals surface area contributed by atoms with Crippen LogP contribution in [0, 0.1) is 5.92 Å². The van der Waals surface area contributed by atoms with E-state index >= 15 is 0 Å². The maximum Gasteiger partial charge on any atom is 0.463 e. The number of hydrogen-bond acceptors (Lipinski definition) is 3. The van der Waals surface area contributed by atoms with E-state index in [1.54, 1.807) is 6.92 Å². The molecule has 1 N–H and O–H groups in total. The Kier molecular flexibility index (Phi) is 16.4. The highest BCUT2D eigenvalue weighted by molar-refractivity contribution is 5.89. The molecule has 1 amide bonds. The first-order chi connectivity index (χ1) is 15.5. The van der Waals surface area contributed by atoms with Gasteiger partial charge in [-0.15, -0.1) is 0 Å².